The van der Waals surface area contributed by atoms with Crippen molar-refractivity contribution in [3.8, 4) is 0 Å². The Morgan fingerprint density at radius 2 is 1.70 bits per heavy atom. The van der Waals surface area contributed by atoms with E-state index >= 15 is 0 Å². The number of piperazine rings is 2. The van der Waals surface area contributed by atoms with Crippen LogP contribution in [0.1, 0.15) is 16.8 Å². The lowest BCUT2D eigenvalue weighted by Crippen LogP contribution is -2.49. The zero-order chi connectivity index (χ0) is 21.5. The molecule has 2 saturated heterocycles. The van der Waals surface area contributed by atoms with Crippen LogP contribution in [-0.4, -0.2) is 110 Å². The summed E-state index contributed by atoms with van der Waals surface area (Å²) in [5.74, 6) is -2.39. The highest BCUT2D eigenvalue weighted by Crippen LogP contribution is 2.12. The van der Waals surface area contributed by atoms with Crippen LogP contribution in [0.15, 0.2) is 18.2 Å². The molecule has 0 atom stereocenters. The van der Waals surface area contributed by atoms with Gasteiger partial charge in [0, 0.05) is 84.0 Å². The van der Waals surface area contributed by atoms with Gasteiger partial charge in [-0.1, -0.05) is 0 Å². The molecule has 0 radical (unpaired) electrons. The molecular formula is C21H31F2N5O2. The van der Waals surface area contributed by atoms with Crippen LogP contribution in [-0.2, 0) is 4.79 Å². The summed E-state index contributed by atoms with van der Waals surface area (Å²) < 4.78 is 26.9. The quantitative estimate of drug-likeness (QED) is 0.691. The molecule has 7 nitrogen and oxygen atoms in total. The maximum Gasteiger partial charge on any atom is 0.254 e. The summed E-state index contributed by atoms with van der Waals surface area (Å²) in [6.45, 7) is 8.04. The molecule has 1 N–H and O–H groups in total. The molecule has 3 rings (SSSR count). The van der Waals surface area contributed by atoms with E-state index in [1.54, 1.807) is 9.80 Å². The van der Waals surface area contributed by atoms with E-state index in [0.717, 1.165) is 51.4 Å². The molecule has 0 saturated carbocycles. The van der Waals surface area contributed by atoms with Crippen LogP contribution in [0, 0.1) is 11.6 Å². The summed E-state index contributed by atoms with van der Waals surface area (Å²) in [5.41, 5.74) is 0.0990. The number of hydrogen-bond acceptors (Lipinski definition) is 5. The highest BCUT2D eigenvalue weighted by molar-refractivity contribution is 5.94. The molecule has 0 bridgehead atoms. The smallest absolute Gasteiger partial charge is 0.254 e. The van der Waals surface area contributed by atoms with E-state index in [-0.39, 0.29) is 30.3 Å². The van der Waals surface area contributed by atoms with Crippen LogP contribution in [0.2, 0.25) is 0 Å². The monoisotopic (exact) mass is 423 g/mol. The Kier molecular flexibility index (Phi) is 8.12. The first-order valence-electron chi connectivity index (χ1n) is 10.6. The average Bonchev–Trinajstić information content (AvgIpc) is 2.77. The van der Waals surface area contributed by atoms with Crippen LogP contribution in [0.3, 0.4) is 0 Å². The predicted octanol–water partition coefficient (Wildman–Crippen LogP) is 0.476. The molecule has 9 heteroatoms. The third-order valence-corrected chi connectivity index (χ3v) is 5.80. The Hall–Kier alpha value is -2.10. The number of amides is 2. The van der Waals surface area contributed by atoms with Crippen molar-refractivity contribution in [1.29, 1.82) is 0 Å². The lowest BCUT2D eigenvalue weighted by molar-refractivity contribution is -0.131. The first-order chi connectivity index (χ1) is 14.4. The number of carbonyl (C=O) groups is 2. The van der Waals surface area contributed by atoms with Crippen LogP contribution < -0.4 is 5.32 Å². The molecule has 2 heterocycles. The summed E-state index contributed by atoms with van der Waals surface area (Å²) in [6.07, 6.45) is 0.220. The van der Waals surface area contributed by atoms with Gasteiger partial charge in [0.25, 0.3) is 5.91 Å². The Labute approximate surface area is 176 Å². The van der Waals surface area contributed by atoms with Crippen molar-refractivity contribution in [3.05, 3.63) is 35.4 Å². The van der Waals surface area contributed by atoms with Gasteiger partial charge in [0.05, 0.1) is 0 Å². The number of carbonyl (C=O) groups excluding carboxylic acids is 2. The number of nitrogens with zero attached hydrogens (tertiary/aromatic N) is 4. The average molecular weight is 424 g/mol. The second-order valence-corrected chi connectivity index (χ2v) is 7.95. The first kappa shape index (κ1) is 22.6. The number of nitrogens with one attached hydrogen (secondary N) is 1. The number of halogens is 2. The molecule has 0 aliphatic carbocycles. The summed E-state index contributed by atoms with van der Waals surface area (Å²) in [5, 5.41) is 3.21. The number of benzene rings is 1. The molecule has 1 aromatic rings. The molecule has 2 aliphatic rings. The standard InChI is InChI=1S/C21H31F2N5O2/c1-25-10-12-26(13-11-25)14-15-28(7-4-20(29)27-8-5-24-6-9-27)21(30)17-2-3-18(22)19(23)16-17/h2-3,16,24H,4-15H2,1H3. The van der Waals surface area contributed by atoms with E-state index in [1.807, 2.05) is 0 Å². The summed E-state index contributed by atoms with van der Waals surface area (Å²) in [6, 6.07) is 3.19. The van der Waals surface area contributed by atoms with E-state index in [1.165, 1.54) is 6.07 Å². The topological polar surface area (TPSA) is 59.1 Å². The highest BCUT2D eigenvalue weighted by Gasteiger charge is 2.23. The van der Waals surface area contributed by atoms with Gasteiger partial charge in [-0.25, -0.2) is 8.78 Å². The van der Waals surface area contributed by atoms with E-state index < -0.39 is 11.6 Å². The normalized spacial score (nSPS) is 18.4. The second-order valence-electron chi connectivity index (χ2n) is 7.95. The number of likely N-dealkylation sites (N-methyl/N-ethyl adjacent to an activating group) is 1. The molecule has 1 aromatic carbocycles. The molecule has 30 heavy (non-hydrogen) atoms. The third-order valence-electron chi connectivity index (χ3n) is 5.80. The molecule has 0 aromatic heterocycles. The lowest BCUT2D eigenvalue weighted by atomic mass is 10.1. The van der Waals surface area contributed by atoms with Crippen LogP contribution >= 0.6 is 0 Å². The summed E-state index contributed by atoms with van der Waals surface area (Å²) in [4.78, 5) is 33.5. The molecule has 166 valence electrons. The molecule has 2 fully saturated rings. The Morgan fingerprint density at radius 1 is 1.00 bits per heavy atom. The first-order valence-corrected chi connectivity index (χ1v) is 10.6. The fraction of sp³-hybridized carbons (Fsp3) is 0.619. The molecule has 0 unspecified atom stereocenters. The van der Waals surface area contributed by atoms with E-state index in [0.29, 0.717) is 26.2 Å². The lowest BCUT2D eigenvalue weighted by Gasteiger charge is -2.34. The van der Waals surface area contributed by atoms with Crippen LogP contribution in [0.25, 0.3) is 0 Å². The zero-order valence-corrected chi connectivity index (χ0v) is 17.6. The van der Waals surface area contributed by atoms with Crippen LogP contribution in [0.4, 0.5) is 8.78 Å². The van der Waals surface area contributed by atoms with Crippen molar-refractivity contribution >= 4 is 11.8 Å². The van der Waals surface area contributed by atoms with Crippen molar-refractivity contribution < 1.29 is 18.4 Å². The Morgan fingerprint density at radius 3 is 2.37 bits per heavy atom. The third kappa shape index (κ3) is 6.20. The Bertz CT molecular complexity index is 734. The van der Waals surface area contributed by atoms with Gasteiger partial charge in [-0.05, 0) is 25.2 Å². The second kappa shape index (κ2) is 10.8. The fourth-order valence-corrected chi connectivity index (χ4v) is 3.76. The number of hydrogen-bond donors (Lipinski definition) is 1. The number of rotatable bonds is 7. The maximum absolute atomic E-state index is 13.6. The van der Waals surface area contributed by atoms with Gasteiger partial charge < -0.3 is 20.0 Å². The molecule has 0 spiro atoms. The van der Waals surface area contributed by atoms with Crippen molar-refractivity contribution in [1.82, 2.24) is 24.9 Å². The fourth-order valence-electron chi connectivity index (χ4n) is 3.76. The van der Waals surface area contributed by atoms with Crippen molar-refractivity contribution in [3.63, 3.8) is 0 Å². The van der Waals surface area contributed by atoms with Gasteiger partial charge in [0.1, 0.15) is 0 Å². The minimum absolute atomic E-state index is 0.0131. The molecular weight excluding hydrogens is 392 g/mol. The largest absolute Gasteiger partial charge is 0.340 e. The van der Waals surface area contributed by atoms with E-state index in [4.69, 9.17) is 0 Å². The zero-order valence-electron chi connectivity index (χ0n) is 17.6. The van der Waals surface area contributed by atoms with Crippen molar-refractivity contribution in [2.24, 2.45) is 0 Å². The maximum atomic E-state index is 13.6. The highest BCUT2D eigenvalue weighted by atomic mass is 19.2. The Balaban J connectivity index is 1.62. The van der Waals surface area contributed by atoms with Crippen LogP contribution in [0.5, 0.6) is 0 Å². The van der Waals surface area contributed by atoms with E-state index in [9.17, 15) is 18.4 Å². The van der Waals surface area contributed by atoms with Crippen molar-refractivity contribution in [2.45, 2.75) is 6.42 Å². The molecule has 2 amide bonds. The van der Waals surface area contributed by atoms with Gasteiger partial charge in [-0.2, -0.15) is 0 Å². The molecule has 2 aliphatic heterocycles. The minimum atomic E-state index is -1.04. The van der Waals surface area contributed by atoms with Gasteiger partial charge in [0.2, 0.25) is 5.91 Å². The SMILES string of the molecule is CN1CCN(CCN(CCC(=O)N2CCNCC2)C(=O)c2ccc(F)c(F)c2)CC1. The summed E-state index contributed by atoms with van der Waals surface area (Å²) in [7, 11) is 2.08. The predicted molar refractivity (Wildman–Crippen MR) is 110 cm³/mol. The summed E-state index contributed by atoms with van der Waals surface area (Å²) >= 11 is 0. The van der Waals surface area contributed by atoms with Gasteiger partial charge in [-0.3, -0.25) is 14.5 Å². The van der Waals surface area contributed by atoms with Crippen molar-refractivity contribution in [2.75, 3.05) is 79.0 Å². The van der Waals surface area contributed by atoms with E-state index in [2.05, 4.69) is 22.2 Å². The van der Waals surface area contributed by atoms with Gasteiger partial charge >= 0.3 is 0 Å². The minimum Gasteiger partial charge on any atom is -0.340 e. The van der Waals surface area contributed by atoms with Gasteiger partial charge in [0.15, 0.2) is 11.6 Å². The van der Waals surface area contributed by atoms with Gasteiger partial charge in [-0.15, -0.1) is 0 Å².